The first-order chi connectivity index (χ1) is 6.05. The van der Waals surface area contributed by atoms with E-state index >= 15 is 0 Å². The molecule has 0 aliphatic heterocycles. The fourth-order valence-corrected chi connectivity index (χ4v) is 3.86. The van der Waals surface area contributed by atoms with Gasteiger partial charge in [0, 0.05) is 7.11 Å². The van der Waals surface area contributed by atoms with Gasteiger partial charge in [-0.2, -0.15) is 0 Å². The summed E-state index contributed by atoms with van der Waals surface area (Å²) < 4.78 is 5.17. The molecule has 0 aliphatic rings. The maximum atomic E-state index is 5.88. The fourth-order valence-electron chi connectivity index (χ4n) is 1.09. The minimum absolute atomic E-state index is 0.390. The molecule has 0 fully saturated rings. The largest absolute Gasteiger partial charge is 0.376 e. The zero-order valence-electron chi connectivity index (χ0n) is 7.01. The van der Waals surface area contributed by atoms with Crippen molar-refractivity contribution in [1.82, 2.24) is 0 Å². The molecular formula is C8H9Cl3OSi. The summed E-state index contributed by atoms with van der Waals surface area (Å²) in [5.74, 6) is 0. The summed E-state index contributed by atoms with van der Waals surface area (Å²) in [5.41, 5.74) is 0.523. The number of ether oxygens (including phenoxy) is 1. The first-order valence-electron chi connectivity index (χ1n) is 3.70. The Morgan fingerprint density at radius 2 is 1.69 bits per heavy atom. The van der Waals surface area contributed by atoms with Crippen molar-refractivity contribution >= 4 is 39.2 Å². The summed E-state index contributed by atoms with van der Waals surface area (Å²) in [4.78, 5) is 0. The molecule has 0 aliphatic carbocycles. The van der Waals surface area contributed by atoms with Crippen molar-refractivity contribution in [1.29, 1.82) is 0 Å². The Labute approximate surface area is 92.7 Å². The second kappa shape index (κ2) is 4.67. The first-order valence-corrected chi connectivity index (χ1v) is 8.81. The Hall–Kier alpha value is 0.267. The lowest BCUT2D eigenvalue weighted by Crippen LogP contribution is -2.24. The van der Waals surface area contributed by atoms with Crippen molar-refractivity contribution in [2.24, 2.45) is 0 Å². The molecule has 1 rings (SSSR count). The molecule has 0 radical (unpaired) electrons. The van der Waals surface area contributed by atoms with Crippen LogP contribution in [0.4, 0.5) is 0 Å². The van der Waals surface area contributed by atoms with Gasteiger partial charge >= 0.3 is 6.00 Å². The molecule has 1 unspecified atom stereocenters. The summed E-state index contributed by atoms with van der Waals surface area (Å²) in [7, 11) is 1.55. The highest BCUT2D eigenvalue weighted by molar-refractivity contribution is 7.65. The van der Waals surface area contributed by atoms with E-state index in [1.54, 1.807) is 7.11 Å². The van der Waals surface area contributed by atoms with E-state index in [0.717, 1.165) is 5.56 Å². The molecule has 13 heavy (non-hydrogen) atoms. The molecule has 0 saturated heterocycles. The second-order valence-corrected chi connectivity index (χ2v) is 11.3. The van der Waals surface area contributed by atoms with Crippen LogP contribution in [0.5, 0.6) is 0 Å². The fraction of sp³-hybridized carbons (Fsp3) is 0.250. The molecule has 1 nitrogen and oxygen atoms in total. The molecule has 0 aromatic heterocycles. The minimum Gasteiger partial charge on any atom is -0.376 e. The van der Waals surface area contributed by atoms with Gasteiger partial charge in [0.25, 0.3) is 0 Å². The van der Waals surface area contributed by atoms with Crippen LogP contribution in [0.15, 0.2) is 30.3 Å². The Morgan fingerprint density at radius 3 is 2.08 bits per heavy atom. The Kier molecular flexibility index (Phi) is 4.07. The number of hydrogen-bond donors (Lipinski definition) is 0. The van der Waals surface area contributed by atoms with Gasteiger partial charge in [-0.25, -0.2) is 0 Å². The number of benzene rings is 1. The maximum absolute atomic E-state index is 5.88. The molecule has 0 N–H and O–H groups in total. The minimum atomic E-state index is -2.83. The van der Waals surface area contributed by atoms with Crippen LogP contribution >= 0.6 is 33.2 Å². The maximum Gasteiger partial charge on any atom is 0.373 e. The molecule has 1 aromatic carbocycles. The SMILES string of the molecule is COC(c1ccccc1)[Si](Cl)(Cl)Cl. The lowest BCUT2D eigenvalue weighted by atomic mass is 10.2. The summed E-state index contributed by atoms with van der Waals surface area (Å²) >= 11 is 17.6. The van der Waals surface area contributed by atoms with Crippen molar-refractivity contribution < 1.29 is 4.74 Å². The van der Waals surface area contributed by atoms with Crippen LogP contribution in [0.25, 0.3) is 0 Å². The molecule has 5 heteroatoms. The summed E-state index contributed by atoms with van der Waals surface area (Å²) in [6, 6.07) is 6.65. The predicted molar refractivity (Wildman–Crippen MR) is 59.5 cm³/mol. The van der Waals surface area contributed by atoms with E-state index in [9.17, 15) is 0 Å². The highest BCUT2D eigenvalue weighted by Crippen LogP contribution is 2.36. The third-order valence-electron chi connectivity index (χ3n) is 1.64. The van der Waals surface area contributed by atoms with Crippen LogP contribution in [0.3, 0.4) is 0 Å². The number of methoxy groups -OCH3 is 1. The first kappa shape index (κ1) is 11.3. The van der Waals surface area contributed by atoms with E-state index < -0.39 is 11.7 Å². The van der Waals surface area contributed by atoms with Crippen molar-refractivity contribution in [2.75, 3.05) is 7.11 Å². The van der Waals surface area contributed by atoms with E-state index in [0.29, 0.717) is 0 Å². The number of hydrogen-bond acceptors (Lipinski definition) is 1. The molecule has 1 atom stereocenters. The molecule has 0 bridgehead atoms. The van der Waals surface area contributed by atoms with E-state index in [1.807, 2.05) is 30.3 Å². The number of rotatable bonds is 3. The Balaban J connectivity index is 2.92. The third kappa shape index (κ3) is 3.15. The third-order valence-corrected chi connectivity index (χ3v) is 4.58. The lowest BCUT2D eigenvalue weighted by Gasteiger charge is -2.20. The quantitative estimate of drug-likeness (QED) is 0.593. The van der Waals surface area contributed by atoms with Gasteiger partial charge in [0.05, 0.1) is 0 Å². The van der Waals surface area contributed by atoms with Gasteiger partial charge in [0.1, 0.15) is 5.73 Å². The van der Waals surface area contributed by atoms with Crippen LogP contribution in [-0.2, 0) is 4.74 Å². The normalized spacial score (nSPS) is 14.2. The standard InChI is InChI=1S/C8H9Cl3OSi/c1-12-8(13(9,10)11)7-5-3-2-4-6-7/h2-6,8H,1H3. The van der Waals surface area contributed by atoms with Crippen molar-refractivity contribution in [2.45, 2.75) is 5.73 Å². The Bertz CT molecular complexity index is 260. The number of halogens is 3. The van der Waals surface area contributed by atoms with E-state index in [-0.39, 0.29) is 0 Å². The highest BCUT2D eigenvalue weighted by Gasteiger charge is 2.38. The van der Waals surface area contributed by atoms with Crippen LogP contribution in [-0.4, -0.2) is 13.1 Å². The second-order valence-electron chi connectivity index (χ2n) is 2.57. The summed E-state index contributed by atoms with van der Waals surface area (Å²) in [5, 5.41) is 0. The zero-order chi connectivity index (χ0) is 9.90. The molecular weight excluding hydrogens is 247 g/mol. The lowest BCUT2D eigenvalue weighted by molar-refractivity contribution is 0.165. The predicted octanol–water partition coefficient (Wildman–Crippen LogP) is 3.57. The van der Waals surface area contributed by atoms with Gasteiger partial charge < -0.3 is 4.74 Å². The molecule has 0 amide bonds. The smallest absolute Gasteiger partial charge is 0.373 e. The van der Waals surface area contributed by atoms with Crippen molar-refractivity contribution in [3.05, 3.63) is 35.9 Å². The highest BCUT2D eigenvalue weighted by atomic mass is 35.8. The summed E-state index contributed by atoms with van der Waals surface area (Å²) in [6.07, 6.45) is 0. The van der Waals surface area contributed by atoms with Crippen molar-refractivity contribution in [3.63, 3.8) is 0 Å². The van der Waals surface area contributed by atoms with Gasteiger partial charge in [-0.1, -0.05) is 30.3 Å². The van der Waals surface area contributed by atoms with Gasteiger partial charge in [0.15, 0.2) is 0 Å². The topological polar surface area (TPSA) is 9.23 Å². The van der Waals surface area contributed by atoms with Gasteiger partial charge in [0.2, 0.25) is 0 Å². The Morgan fingerprint density at radius 1 is 1.15 bits per heavy atom. The van der Waals surface area contributed by atoms with Crippen LogP contribution in [0.2, 0.25) is 0 Å². The van der Waals surface area contributed by atoms with Gasteiger partial charge in [-0.15, -0.1) is 33.2 Å². The van der Waals surface area contributed by atoms with Crippen molar-refractivity contribution in [3.8, 4) is 0 Å². The van der Waals surface area contributed by atoms with Gasteiger partial charge in [-0.05, 0) is 5.56 Å². The zero-order valence-corrected chi connectivity index (χ0v) is 10.3. The van der Waals surface area contributed by atoms with Gasteiger partial charge in [-0.3, -0.25) is 0 Å². The molecule has 1 aromatic rings. The average Bonchev–Trinajstić information content (AvgIpc) is 2.05. The monoisotopic (exact) mass is 254 g/mol. The van der Waals surface area contributed by atoms with Crippen LogP contribution < -0.4 is 0 Å². The average molecular weight is 256 g/mol. The summed E-state index contributed by atoms with van der Waals surface area (Å²) in [6.45, 7) is 0. The van der Waals surface area contributed by atoms with E-state index in [1.165, 1.54) is 0 Å². The van der Waals surface area contributed by atoms with E-state index in [2.05, 4.69) is 0 Å². The molecule has 0 heterocycles. The van der Waals surface area contributed by atoms with Crippen LogP contribution in [0, 0.1) is 0 Å². The molecule has 0 saturated carbocycles. The van der Waals surface area contributed by atoms with Crippen LogP contribution in [0.1, 0.15) is 11.3 Å². The van der Waals surface area contributed by atoms with E-state index in [4.69, 9.17) is 38.0 Å². The molecule has 0 spiro atoms. The molecule has 72 valence electrons.